The van der Waals surface area contributed by atoms with Crippen molar-refractivity contribution in [3.8, 4) is 0 Å². The van der Waals surface area contributed by atoms with E-state index in [4.69, 9.17) is 0 Å². The summed E-state index contributed by atoms with van der Waals surface area (Å²) in [5.74, 6) is 0. The Hall–Kier alpha value is -0.0800. The van der Waals surface area contributed by atoms with Crippen molar-refractivity contribution in [2.75, 3.05) is 20.1 Å². The molecular weight excluding hydrogens is 208 g/mol. The van der Waals surface area contributed by atoms with Crippen LogP contribution in [-0.2, 0) is 0 Å². The molecule has 0 aromatic carbocycles. The summed E-state index contributed by atoms with van der Waals surface area (Å²) >= 11 is 0. The lowest BCUT2D eigenvalue weighted by molar-refractivity contribution is 0.189. The van der Waals surface area contributed by atoms with Gasteiger partial charge >= 0.3 is 0 Å². The highest BCUT2D eigenvalue weighted by Crippen LogP contribution is 2.21. The van der Waals surface area contributed by atoms with Crippen molar-refractivity contribution in [2.45, 2.75) is 77.3 Å². The van der Waals surface area contributed by atoms with Crippen LogP contribution in [0.2, 0.25) is 0 Å². The van der Waals surface area contributed by atoms with Gasteiger partial charge in [0.15, 0.2) is 0 Å². The second-order valence-electron chi connectivity index (χ2n) is 5.77. The minimum atomic E-state index is 0.694. The number of nitrogens with zero attached hydrogens (tertiary/aromatic N) is 1. The molecule has 1 aliphatic rings. The minimum absolute atomic E-state index is 0.694. The Morgan fingerprint density at radius 2 is 1.94 bits per heavy atom. The molecule has 0 radical (unpaired) electrons. The van der Waals surface area contributed by atoms with Gasteiger partial charge in [-0.1, -0.05) is 32.6 Å². The van der Waals surface area contributed by atoms with Crippen molar-refractivity contribution in [3.63, 3.8) is 0 Å². The van der Waals surface area contributed by atoms with Crippen LogP contribution in [0.15, 0.2) is 0 Å². The zero-order valence-electron chi connectivity index (χ0n) is 12.2. The molecule has 17 heavy (non-hydrogen) atoms. The van der Waals surface area contributed by atoms with E-state index in [2.05, 4.69) is 31.1 Å². The van der Waals surface area contributed by atoms with Gasteiger partial charge in [-0.3, -0.25) is 0 Å². The van der Waals surface area contributed by atoms with E-state index < -0.39 is 0 Å². The molecule has 0 heterocycles. The van der Waals surface area contributed by atoms with Gasteiger partial charge in [0.2, 0.25) is 0 Å². The second-order valence-corrected chi connectivity index (χ2v) is 5.77. The van der Waals surface area contributed by atoms with Crippen LogP contribution in [0.4, 0.5) is 0 Å². The van der Waals surface area contributed by atoms with E-state index in [1.54, 1.807) is 0 Å². The first-order chi connectivity index (χ1) is 8.24. The van der Waals surface area contributed by atoms with Crippen LogP contribution in [0.1, 0.15) is 65.2 Å². The van der Waals surface area contributed by atoms with Crippen molar-refractivity contribution >= 4 is 0 Å². The fourth-order valence-corrected chi connectivity index (χ4v) is 2.92. The zero-order chi connectivity index (χ0) is 12.5. The lowest BCUT2D eigenvalue weighted by Gasteiger charge is -2.31. The Balaban J connectivity index is 2.01. The largest absolute Gasteiger partial charge is 0.314 e. The van der Waals surface area contributed by atoms with Gasteiger partial charge in [-0.25, -0.2) is 0 Å². The van der Waals surface area contributed by atoms with Gasteiger partial charge < -0.3 is 10.2 Å². The molecule has 0 amide bonds. The maximum Gasteiger partial charge on any atom is 0.00922 e. The Kier molecular flexibility index (Phi) is 7.87. The normalized spacial score (nSPS) is 19.8. The summed E-state index contributed by atoms with van der Waals surface area (Å²) < 4.78 is 0. The first-order valence-electron chi connectivity index (χ1n) is 7.67. The van der Waals surface area contributed by atoms with Gasteiger partial charge in [0.05, 0.1) is 0 Å². The van der Waals surface area contributed by atoms with Gasteiger partial charge in [-0.15, -0.1) is 0 Å². The van der Waals surface area contributed by atoms with Gasteiger partial charge in [-0.05, 0) is 52.7 Å². The number of nitrogens with one attached hydrogen (secondary N) is 1. The number of rotatable bonds is 8. The van der Waals surface area contributed by atoms with Crippen molar-refractivity contribution < 1.29 is 0 Å². The third kappa shape index (κ3) is 6.42. The molecule has 1 atom stereocenters. The summed E-state index contributed by atoms with van der Waals surface area (Å²) in [7, 11) is 2.31. The van der Waals surface area contributed by atoms with Crippen LogP contribution in [0.3, 0.4) is 0 Å². The van der Waals surface area contributed by atoms with E-state index in [1.807, 2.05) is 0 Å². The van der Waals surface area contributed by atoms with Crippen LogP contribution in [0.25, 0.3) is 0 Å². The first-order valence-corrected chi connectivity index (χ1v) is 7.67. The monoisotopic (exact) mass is 240 g/mol. The fourth-order valence-electron chi connectivity index (χ4n) is 2.92. The predicted octanol–water partition coefficient (Wildman–Crippen LogP) is 3.42. The molecular formula is C15H32N2. The van der Waals surface area contributed by atoms with E-state index >= 15 is 0 Å². The van der Waals surface area contributed by atoms with Crippen LogP contribution >= 0.6 is 0 Å². The summed E-state index contributed by atoms with van der Waals surface area (Å²) in [6, 6.07) is 1.57. The molecule has 1 N–H and O–H groups in total. The maximum atomic E-state index is 3.62. The highest BCUT2D eigenvalue weighted by Gasteiger charge is 2.17. The number of hydrogen-bond acceptors (Lipinski definition) is 2. The van der Waals surface area contributed by atoms with Crippen LogP contribution < -0.4 is 5.32 Å². The molecule has 0 aromatic rings. The standard InChI is InChI=1S/C15H32N2/c1-4-9-14(2)16-12-8-13-17(3)15-10-6-5-7-11-15/h14-16H,4-13H2,1-3H3. The Labute approximate surface area is 108 Å². The van der Waals surface area contributed by atoms with E-state index in [-0.39, 0.29) is 0 Å². The molecule has 1 fully saturated rings. The molecule has 0 aromatic heterocycles. The van der Waals surface area contributed by atoms with Gasteiger partial charge in [0, 0.05) is 12.1 Å². The quantitative estimate of drug-likeness (QED) is 0.654. The van der Waals surface area contributed by atoms with Gasteiger partial charge in [0.25, 0.3) is 0 Å². The molecule has 0 bridgehead atoms. The Morgan fingerprint density at radius 1 is 1.24 bits per heavy atom. The zero-order valence-corrected chi connectivity index (χ0v) is 12.2. The summed E-state index contributed by atoms with van der Waals surface area (Å²) in [5.41, 5.74) is 0. The highest BCUT2D eigenvalue weighted by atomic mass is 15.1. The molecule has 2 nitrogen and oxygen atoms in total. The maximum absolute atomic E-state index is 3.62. The minimum Gasteiger partial charge on any atom is -0.314 e. The van der Waals surface area contributed by atoms with Crippen LogP contribution in [0, 0.1) is 0 Å². The molecule has 0 aliphatic heterocycles. The van der Waals surface area contributed by atoms with Crippen LogP contribution in [-0.4, -0.2) is 37.1 Å². The third-order valence-corrected chi connectivity index (χ3v) is 4.10. The molecule has 1 rings (SSSR count). The topological polar surface area (TPSA) is 15.3 Å². The Morgan fingerprint density at radius 3 is 2.59 bits per heavy atom. The smallest absolute Gasteiger partial charge is 0.00922 e. The summed E-state index contributed by atoms with van der Waals surface area (Å²) in [4.78, 5) is 2.59. The van der Waals surface area contributed by atoms with Crippen LogP contribution in [0.5, 0.6) is 0 Å². The van der Waals surface area contributed by atoms with E-state index in [0.717, 1.165) is 6.04 Å². The second kappa shape index (κ2) is 8.93. The van der Waals surface area contributed by atoms with Crippen molar-refractivity contribution in [1.82, 2.24) is 10.2 Å². The van der Waals surface area contributed by atoms with Gasteiger partial charge in [-0.2, -0.15) is 0 Å². The Bertz CT molecular complexity index is 176. The fraction of sp³-hybridized carbons (Fsp3) is 1.00. The molecule has 1 saturated carbocycles. The molecule has 0 spiro atoms. The molecule has 1 unspecified atom stereocenters. The summed E-state index contributed by atoms with van der Waals surface area (Å²) in [5, 5.41) is 3.62. The van der Waals surface area contributed by atoms with Gasteiger partial charge in [0.1, 0.15) is 0 Å². The summed E-state index contributed by atoms with van der Waals surface area (Å²) in [6.07, 6.45) is 11.1. The van der Waals surface area contributed by atoms with Crippen molar-refractivity contribution in [3.05, 3.63) is 0 Å². The molecule has 102 valence electrons. The van der Waals surface area contributed by atoms with E-state index in [0.29, 0.717) is 6.04 Å². The van der Waals surface area contributed by atoms with E-state index in [1.165, 1.54) is 64.5 Å². The van der Waals surface area contributed by atoms with E-state index in [9.17, 15) is 0 Å². The average molecular weight is 240 g/mol. The predicted molar refractivity (Wildman–Crippen MR) is 76.5 cm³/mol. The third-order valence-electron chi connectivity index (χ3n) is 4.10. The van der Waals surface area contributed by atoms with Crippen molar-refractivity contribution in [1.29, 1.82) is 0 Å². The first kappa shape index (κ1) is 15.0. The SMILES string of the molecule is CCCC(C)NCCCN(C)C1CCCCC1. The lowest BCUT2D eigenvalue weighted by atomic mass is 9.94. The molecule has 0 saturated heterocycles. The molecule has 2 heteroatoms. The lowest BCUT2D eigenvalue weighted by Crippen LogP contribution is -2.36. The van der Waals surface area contributed by atoms with Crippen molar-refractivity contribution in [2.24, 2.45) is 0 Å². The highest BCUT2D eigenvalue weighted by molar-refractivity contribution is 4.73. The molecule has 1 aliphatic carbocycles. The number of hydrogen-bond donors (Lipinski definition) is 1. The summed E-state index contributed by atoms with van der Waals surface area (Å²) in [6.45, 7) is 7.00. The average Bonchev–Trinajstić information content (AvgIpc) is 2.36.